The molecule has 144 valence electrons. The van der Waals surface area contributed by atoms with Crippen molar-refractivity contribution >= 4 is 17.7 Å². The normalized spacial score (nSPS) is 18.3. The molecule has 2 rings (SSSR count). The van der Waals surface area contributed by atoms with Crippen molar-refractivity contribution in [1.29, 1.82) is 0 Å². The second-order valence-electron chi connectivity index (χ2n) is 8.21. The van der Waals surface area contributed by atoms with Gasteiger partial charge in [-0.1, -0.05) is 26.0 Å². The number of guanidine groups is 1. The Labute approximate surface area is 156 Å². The number of anilines is 1. The molecule has 1 saturated heterocycles. The van der Waals surface area contributed by atoms with Crippen LogP contribution in [0.3, 0.4) is 0 Å². The lowest BCUT2D eigenvalue weighted by Crippen LogP contribution is -2.35. The number of rotatable bonds is 4. The molecule has 0 spiro atoms. The Bertz CT molecular complexity index is 649. The minimum Gasteiger partial charge on any atom is -0.444 e. The van der Waals surface area contributed by atoms with E-state index in [0.29, 0.717) is 37.4 Å². The zero-order valence-electron chi connectivity index (χ0n) is 16.6. The average molecular weight is 361 g/mol. The number of likely N-dealkylation sites (tertiary alicyclic amines) is 1. The maximum Gasteiger partial charge on any atom is 0.410 e. The third kappa shape index (κ3) is 6.24. The van der Waals surface area contributed by atoms with E-state index in [9.17, 15) is 4.79 Å². The summed E-state index contributed by atoms with van der Waals surface area (Å²) < 4.78 is 5.42. The third-order valence-electron chi connectivity index (χ3n) is 4.28. The first-order valence-electron chi connectivity index (χ1n) is 9.29. The molecule has 1 aromatic carbocycles. The second kappa shape index (κ2) is 8.43. The Kier molecular flexibility index (Phi) is 6.51. The van der Waals surface area contributed by atoms with Crippen LogP contribution in [-0.2, 0) is 4.74 Å². The van der Waals surface area contributed by atoms with Crippen LogP contribution >= 0.6 is 0 Å². The van der Waals surface area contributed by atoms with Crippen molar-refractivity contribution in [1.82, 2.24) is 4.90 Å². The van der Waals surface area contributed by atoms with E-state index in [4.69, 9.17) is 10.5 Å². The number of aliphatic imine (C=N–C) groups is 1. The summed E-state index contributed by atoms with van der Waals surface area (Å²) in [6.07, 6.45) is 0.666. The van der Waals surface area contributed by atoms with Crippen LogP contribution < -0.4 is 11.1 Å². The summed E-state index contributed by atoms with van der Waals surface area (Å²) in [6.45, 7) is 11.9. The lowest BCUT2D eigenvalue weighted by molar-refractivity contribution is 0.0289. The zero-order chi connectivity index (χ0) is 19.3. The van der Waals surface area contributed by atoms with E-state index in [1.165, 1.54) is 5.56 Å². The molecule has 1 aromatic rings. The summed E-state index contributed by atoms with van der Waals surface area (Å²) in [7, 11) is 0. The van der Waals surface area contributed by atoms with E-state index in [-0.39, 0.29) is 6.09 Å². The maximum atomic E-state index is 12.1. The van der Waals surface area contributed by atoms with Gasteiger partial charge in [0.05, 0.1) is 0 Å². The van der Waals surface area contributed by atoms with Crippen molar-refractivity contribution in [2.45, 2.75) is 52.6 Å². The Morgan fingerprint density at radius 1 is 1.42 bits per heavy atom. The number of nitrogens with two attached hydrogens (primary N) is 1. The van der Waals surface area contributed by atoms with Gasteiger partial charge >= 0.3 is 6.09 Å². The van der Waals surface area contributed by atoms with E-state index in [2.05, 4.69) is 36.3 Å². The Hall–Kier alpha value is -2.24. The maximum absolute atomic E-state index is 12.1. The second-order valence-corrected chi connectivity index (χ2v) is 8.21. The standard InChI is InChI=1S/C20H32N4O2/c1-14(2)16-7-6-8-17(11-16)23-18(21)22-12-15-9-10-24(13-15)19(25)26-20(3,4)5/h6-8,11,14-15H,9-10,12-13H2,1-5H3,(H3,21,22,23). The predicted molar refractivity (Wildman–Crippen MR) is 107 cm³/mol. The first kappa shape index (κ1) is 20.1. The van der Waals surface area contributed by atoms with Crippen molar-refractivity contribution in [3.8, 4) is 0 Å². The molecule has 1 heterocycles. The summed E-state index contributed by atoms with van der Waals surface area (Å²) in [6, 6.07) is 8.19. The summed E-state index contributed by atoms with van der Waals surface area (Å²) in [4.78, 5) is 18.3. The minimum absolute atomic E-state index is 0.249. The zero-order valence-corrected chi connectivity index (χ0v) is 16.6. The van der Waals surface area contributed by atoms with Gasteiger partial charge in [-0.25, -0.2) is 4.79 Å². The van der Waals surface area contributed by atoms with Crippen LogP contribution in [0, 0.1) is 5.92 Å². The van der Waals surface area contributed by atoms with E-state index in [1.807, 2.05) is 32.9 Å². The summed E-state index contributed by atoms with van der Waals surface area (Å²) >= 11 is 0. The molecule has 0 saturated carbocycles. The molecular formula is C20H32N4O2. The topological polar surface area (TPSA) is 80.0 Å². The average Bonchev–Trinajstić information content (AvgIpc) is 3.01. The number of carbonyl (C=O) groups is 1. The van der Waals surface area contributed by atoms with Gasteiger partial charge in [-0.15, -0.1) is 0 Å². The van der Waals surface area contributed by atoms with E-state index in [1.54, 1.807) is 4.90 Å². The Morgan fingerprint density at radius 2 is 2.15 bits per heavy atom. The largest absolute Gasteiger partial charge is 0.444 e. The van der Waals surface area contributed by atoms with Crippen molar-refractivity contribution < 1.29 is 9.53 Å². The fourth-order valence-electron chi connectivity index (χ4n) is 2.86. The summed E-state index contributed by atoms with van der Waals surface area (Å²) in [5.41, 5.74) is 7.76. The van der Waals surface area contributed by atoms with Crippen LogP contribution in [-0.4, -0.2) is 42.2 Å². The molecule has 26 heavy (non-hydrogen) atoms. The molecule has 0 radical (unpaired) electrons. The molecule has 1 atom stereocenters. The van der Waals surface area contributed by atoms with E-state index in [0.717, 1.165) is 12.1 Å². The van der Waals surface area contributed by atoms with Crippen molar-refractivity contribution in [3.63, 3.8) is 0 Å². The molecule has 1 amide bonds. The number of carbonyl (C=O) groups excluding carboxylic acids is 1. The fourth-order valence-corrected chi connectivity index (χ4v) is 2.86. The predicted octanol–water partition coefficient (Wildman–Crippen LogP) is 3.79. The number of hydrogen-bond donors (Lipinski definition) is 2. The molecule has 1 unspecified atom stereocenters. The van der Waals surface area contributed by atoms with E-state index >= 15 is 0 Å². The number of nitrogens with zero attached hydrogens (tertiary/aromatic N) is 2. The third-order valence-corrected chi connectivity index (χ3v) is 4.28. The van der Waals surface area contributed by atoms with Crippen molar-refractivity contribution in [2.75, 3.05) is 25.0 Å². The van der Waals surface area contributed by atoms with Crippen molar-refractivity contribution in [2.24, 2.45) is 16.6 Å². The molecule has 0 aliphatic carbocycles. The molecular weight excluding hydrogens is 328 g/mol. The van der Waals surface area contributed by atoms with Gasteiger partial charge < -0.3 is 20.7 Å². The number of nitrogens with one attached hydrogen (secondary N) is 1. The van der Waals surface area contributed by atoms with E-state index < -0.39 is 5.60 Å². The molecule has 1 aliphatic rings. The highest BCUT2D eigenvalue weighted by molar-refractivity contribution is 5.92. The van der Waals surface area contributed by atoms with Crippen molar-refractivity contribution in [3.05, 3.63) is 29.8 Å². The Morgan fingerprint density at radius 3 is 2.81 bits per heavy atom. The van der Waals surface area contributed by atoms with Gasteiger partial charge in [0.2, 0.25) is 0 Å². The highest BCUT2D eigenvalue weighted by Crippen LogP contribution is 2.20. The van der Waals surface area contributed by atoms with Crippen LogP contribution in [0.1, 0.15) is 52.5 Å². The number of benzene rings is 1. The molecule has 0 aromatic heterocycles. The van der Waals surface area contributed by atoms with Crippen LogP contribution in [0.25, 0.3) is 0 Å². The van der Waals surface area contributed by atoms with Gasteiger partial charge in [-0.05, 0) is 56.7 Å². The molecule has 1 fully saturated rings. The molecule has 1 aliphatic heterocycles. The van der Waals surface area contributed by atoms with Crippen LogP contribution in [0.2, 0.25) is 0 Å². The first-order chi connectivity index (χ1) is 12.1. The van der Waals surface area contributed by atoms with Gasteiger partial charge in [0, 0.05) is 25.3 Å². The summed E-state index contributed by atoms with van der Waals surface area (Å²) in [5.74, 6) is 1.18. The molecule has 6 nitrogen and oxygen atoms in total. The van der Waals surface area contributed by atoms with Crippen LogP contribution in [0.4, 0.5) is 10.5 Å². The number of ether oxygens (including phenoxy) is 1. The van der Waals surface area contributed by atoms with Gasteiger partial charge in [0.1, 0.15) is 5.60 Å². The highest BCUT2D eigenvalue weighted by Gasteiger charge is 2.29. The van der Waals surface area contributed by atoms with Gasteiger partial charge in [-0.2, -0.15) is 0 Å². The van der Waals surface area contributed by atoms with Crippen LogP contribution in [0.15, 0.2) is 29.3 Å². The van der Waals surface area contributed by atoms with Gasteiger partial charge in [0.15, 0.2) is 5.96 Å². The Balaban J connectivity index is 1.84. The molecule has 3 N–H and O–H groups in total. The summed E-state index contributed by atoms with van der Waals surface area (Å²) in [5, 5.41) is 3.15. The first-order valence-corrected chi connectivity index (χ1v) is 9.29. The molecule has 6 heteroatoms. The lowest BCUT2D eigenvalue weighted by atomic mass is 10.0. The minimum atomic E-state index is -0.466. The monoisotopic (exact) mass is 360 g/mol. The van der Waals surface area contributed by atoms with Gasteiger partial charge in [-0.3, -0.25) is 4.99 Å². The quantitative estimate of drug-likeness (QED) is 0.632. The number of hydrogen-bond acceptors (Lipinski definition) is 3. The highest BCUT2D eigenvalue weighted by atomic mass is 16.6. The SMILES string of the molecule is CC(C)c1cccc(NC(N)=NCC2CCN(C(=O)OC(C)(C)C)C2)c1. The van der Waals surface area contributed by atoms with Gasteiger partial charge in [0.25, 0.3) is 0 Å². The fraction of sp³-hybridized carbons (Fsp3) is 0.600. The van der Waals surface area contributed by atoms with Crippen LogP contribution in [0.5, 0.6) is 0 Å². The molecule has 0 bridgehead atoms. The number of amides is 1. The lowest BCUT2D eigenvalue weighted by Gasteiger charge is -2.24. The smallest absolute Gasteiger partial charge is 0.410 e.